The Morgan fingerprint density at radius 3 is 2.61 bits per heavy atom. The molecule has 1 N–H and O–H groups in total. The van der Waals surface area contributed by atoms with E-state index in [9.17, 15) is 0 Å². The van der Waals surface area contributed by atoms with Crippen molar-refractivity contribution in [3.8, 4) is 5.75 Å². The van der Waals surface area contributed by atoms with Crippen LogP contribution < -0.4 is 10.1 Å². The summed E-state index contributed by atoms with van der Waals surface area (Å²) in [6.07, 6.45) is 3.15. The van der Waals surface area contributed by atoms with Gasteiger partial charge in [-0.15, -0.1) is 0 Å². The molecule has 2 unspecified atom stereocenters. The standard InChI is InChI=1S/C15H23NO2/c1-11-4-7-15(18-11)10-16-12(2)13-5-8-14(17-3)9-6-13/h5-6,8-9,11-12,15-16H,4,7,10H2,1-3H3/t11?,12-,15?/m1/s1. The van der Waals surface area contributed by atoms with Crippen LogP contribution >= 0.6 is 0 Å². The van der Waals surface area contributed by atoms with Gasteiger partial charge < -0.3 is 14.8 Å². The highest BCUT2D eigenvalue weighted by atomic mass is 16.5. The van der Waals surface area contributed by atoms with Gasteiger partial charge in [0.05, 0.1) is 19.3 Å². The average molecular weight is 249 g/mol. The van der Waals surface area contributed by atoms with Crippen LogP contribution in [-0.4, -0.2) is 25.9 Å². The van der Waals surface area contributed by atoms with Crippen LogP contribution in [0.1, 0.15) is 38.3 Å². The minimum absolute atomic E-state index is 0.343. The number of hydrogen-bond donors (Lipinski definition) is 1. The number of benzene rings is 1. The van der Waals surface area contributed by atoms with Gasteiger partial charge in [-0.2, -0.15) is 0 Å². The molecule has 0 aliphatic carbocycles. The van der Waals surface area contributed by atoms with Gasteiger partial charge in [-0.05, 0) is 44.4 Å². The first-order valence-corrected chi connectivity index (χ1v) is 6.72. The van der Waals surface area contributed by atoms with Crippen molar-refractivity contribution in [3.05, 3.63) is 29.8 Å². The van der Waals surface area contributed by atoms with Gasteiger partial charge in [0.25, 0.3) is 0 Å². The number of nitrogens with one attached hydrogen (secondary N) is 1. The number of hydrogen-bond acceptors (Lipinski definition) is 3. The minimum Gasteiger partial charge on any atom is -0.497 e. The lowest BCUT2D eigenvalue weighted by Crippen LogP contribution is -2.29. The first-order chi connectivity index (χ1) is 8.69. The smallest absolute Gasteiger partial charge is 0.118 e. The van der Waals surface area contributed by atoms with E-state index >= 15 is 0 Å². The first kappa shape index (κ1) is 13.4. The summed E-state index contributed by atoms with van der Waals surface area (Å²) in [5, 5.41) is 3.53. The molecule has 1 saturated heterocycles. The van der Waals surface area contributed by atoms with Crippen molar-refractivity contribution in [2.45, 2.75) is 44.9 Å². The van der Waals surface area contributed by atoms with E-state index in [0.717, 1.165) is 12.3 Å². The Kier molecular flexibility index (Phi) is 4.61. The molecule has 3 atom stereocenters. The predicted molar refractivity (Wildman–Crippen MR) is 73.0 cm³/mol. The van der Waals surface area contributed by atoms with Crippen molar-refractivity contribution in [1.29, 1.82) is 0 Å². The molecule has 2 rings (SSSR count). The number of methoxy groups -OCH3 is 1. The molecule has 0 aromatic heterocycles. The molecule has 0 bridgehead atoms. The molecule has 1 aliphatic rings. The SMILES string of the molecule is COc1ccc([C@@H](C)NCC2CCC(C)O2)cc1. The molecule has 0 saturated carbocycles. The maximum atomic E-state index is 5.80. The summed E-state index contributed by atoms with van der Waals surface area (Å²) in [7, 11) is 1.69. The second kappa shape index (κ2) is 6.21. The van der Waals surface area contributed by atoms with E-state index in [4.69, 9.17) is 9.47 Å². The molecule has 1 heterocycles. The lowest BCUT2D eigenvalue weighted by molar-refractivity contribution is 0.0546. The molecule has 1 aliphatic heterocycles. The largest absolute Gasteiger partial charge is 0.497 e. The zero-order chi connectivity index (χ0) is 13.0. The molecule has 3 heteroatoms. The zero-order valence-corrected chi connectivity index (χ0v) is 11.5. The molecule has 0 amide bonds. The van der Waals surface area contributed by atoms with E-state index in [-0.39, 0.29) is 0 Å². The van der Waals surface area contributed by atoms with Crippen LogP contribution in [0.5, 0.6) is 5.75 Å². The van der Waals surface area contributed by atoms with E-state index in [2.05, 4.69) is 31.3 Å². The summed E-state index contributed by atoms with van der Waals surface area (Å²) < 4.78 is 11.0. The Labute approximate surface area is 109 Å². The lowest BCUT2D eigenvalue weighted by Gasteiger charge is -2.18. The molecule has 1 aromatic carbocycles. The molecule has 3 nitrogen and oxygen atoms in total. The fourth-order valence-corrected chi connectivity index (χ4v) is 2.35. The highest BCUT2D eigenvalue weighted by Crippen LogP contribution is 2.20. The van der Waals surface area contributed by atoms with E-state index < -0.39 is 0 Å². The Hall–Kier alpha value is -1.06. The fourth-order valence-electron chi connectivity index (χ4n) is 2.35. The Balaban J connectivity index is 1.81. The molecular weight excluding hydrogens is 226 g/mol. The first-order valence-electron chi connectivity index (χ1n) is 6.72. The van der Waals surface area contributed by atoms with Gasteiger partial charge in [-0.25, -0.2) is 0 Å². The second-order valence-corrected chi connectivity index (χ2v) is 5.05. The zero-order valence-electron chi connectivity index (χ0n) is 11.5. The third kappa shape index (κ3) is 3.47. The van der Waals surface area contributed by atoms with Gasteiger partial charge in [0.15, 0.2) is 0 Å². The van der Waals surface area contributed by atoms with Crippen molar-refractivity contribution in [2.75, 3.05) is 13.7 Å². The fraction of sp³-hybridized carbons (Fsp3) is 0.600. The van der Waals surface area contributed by atoms with Crippen molar-refractivity contribution in [3.63, 3.8) is 0 Å². The van der Waals surface area contributed by atoms with Crippen LogP contribution in [-0.2, 0) is 4.74 Å². The van der Waals surface area contributed by atoms with Gasteiger partial charge in [-0.3, -0.25) is 0 Å². The van der Waals surface area contributed by atoms with Crippen LogP contribution in [0.25, 0.3) is 0 Å². The van der Waals surface area contributed by atoms with Gasteiger partial charge >= 0.3 is 0 Å². The van der Waals surface area contributed by atoms with Gasteiger partial charge in [0.1, 0.15) is 5.75 Å². The summed E-state index contributed by atoms with van der Waals surface area (Å²) in [6, 6.07) is 8.56. The molecule has 0 radical (unpaired) electrons. The molecule has 0 spiro atoms. The third-order valence-corrected chi connectivity index (χ3v) is 3.59. The molecule has 18 heavy (non-hydrogen) atoms. The highest BCUT2D eigenvalue weighted by molar-refractivity contribution is 5.28. The van der Waals surface area contributed by atoms with E-state index in [1.165, 1.54) is 18.4 Å². The molecule has 1 fully saturated rings. The molecule has 1 aromatic rings. The lowest BCUT2D eigenvalue weighted by atomic mass is 10.1. The molecule has 100 valence electrons. The maximum absolute atomic E-state index is 5.80. The topological polar surface area (TPSA) is 30.5 Å². The van der Waals surface area contributed by atoms with Crippen molar-refractivity contribution in [2.24, 2.45) is 0 Å². The summed E-state index contributed by atoms with van der Waals surface area (Å²) in [6.45, 7) is 5.25. The summed E-state index contributed by atoms with van der Waals surface area (Å²) in [5.41, 5.74) is 1.28. The summed E-state index contributed by atoms with van der Waals surface area (Å²) in [4.78, 5) is 0. The monoisotopic (exact) mass is 249 g/mol. The highest BCUT2D eigenvalue weighted by Gasteiger charge is 2.21. The van der Waals surface area contributed by atoms with E-state index in [1.54, 1.807) is 7.11 Å². The second-order valence-electron chi connectivity index (χ2n) is 5.05. The predicted octanol–water partition coefficient (Wildman–Crippen LogP) is 2.91. The maximum Gasteiger partial charge on any atom is 0.118 e. The van der Waals surface area contributed by atoms with E-state index in [1.807, 2.05) is 12.1 Å². The van der Waals surface area contributed by atoms with Gasteiger partial charge in [0, 0.05) is 12.6 Å². The Morgan fingerprint density at radius 2 is 2.06 bits per heavy atom. The van der Waals surface area contributed by atoms with Crippen LogP contribution in [0, 0.1) is 0 Å². The van der Waals surface area contributed by atoms with Gasteiger partial charge in [-0.1, -0.05) is 12.1 Å². The van der Waals surface area contributed by atoms with Crippen LogP contribution in [0.2, 0.25) is 0 Å². The average Bonchev–Trinajstić information content (AvgIpc) is 2.82. The van der Waals surface area contributed by atoms with E-state index in [0.29, 0.717) is 18.2 Å². The van der Waals surface area contributed by atoms with Gasteiger partial charge in [0.2, 0.25) is 0 Å². The number of ether oxygens (including phenoxy) is 2. The Morgan fingerprint density at radius 1 is 1.33 bits per heavy atom. The van der Waals surface area contributed by atoms with Crippen LogP contribution in [0.15, 0.2) is 24.3 Å². The quantitative estimate of drug-likeness (QED) is 0.870. The van der Waals surface area contributed by atoms with Crippen molar-refractivity contribution in [1.82, 2.24) is 5.32 Å². The normalized spacial score (nSPS) is 25.1. The van der Waals surface area contributed by atoms with Crippen molar-refractivity contribution >= 4 is 0 Å². The van der Waals surface area contributed by atoms with Crippen LogP contribution in [0.4, 0.5) is 0 Å². The Bertz CT molecular complexity index is 363. The summed E-state index contributed by atoms with van der Waals surface area (Å²) >= 11 is 0. The molecular formula is C15H23NO2. The number of rotatable bonds is 5. The summed E-state index contributed by atoms with van der Waals surface area (Å²) in [5.74, 6) is 0.902. The minimum atomic E-state index is 0.343. The third-order valence-electron chi connectivity index (χ3n) is 3.59. The van der Waals surface area contributed by atoms with Crippen LogP contribution in [0.3, 0.4) is 0 Å². The van der Waals surface area contributed by atoms with Crippen molar-refractivity contribution < 1.29 is 9.47 Å².